The fourth-order valence-electron chi connectivity index (χ4n) is 4.72. The summed E-state index contributed by atoms with van der Waals surface area (Å²) in [5.41, 5.74) is 9.68. The number of benzene rings is 1. The Morgan fingerprint density at radius 3 is 2.56 bits per heavy atom. The van der Waals surface area contributed by atoms with E-state index in [0.717, 1.165) is 43.2 Å². The molecular formula is C27H30ClN7O3S. The number of fused-ring (bicyclic) bond motifs is 1. The second-order valence-corrected chi connectivity index (χ2v) is 11.6. The number of aromatic nitrogens is 4. The lowest BCUT2D eigenvalue weighted by atomic mass is 9.92. The van der Waals surface area contributed by atoms with Crippen LogP contribution in [0.3, 0.4) is 0 Å². The number of hydrogen-bond acceptors (Lipinski definition) is 9. The molecule has 0 bridgehead atoms. The molecule has 204 valence electrons. The molecule has 4 aromatic rings. The Morgan fingerprint density at radius 1 is 1.08 bits per heavy atom. The molecular weight excluding hydrogens is 538 g/mol. The molecule has 12 heteroatoms. The molecule has 1 saturated carbocycles. The van der Waals surface area contributed by atoms with Gasteiger partial charge in [-0.15, -0.1) is 0 Å². The van der Waals surface area contributed by atoms with Crippen molar-refractivity contribution in [1.29, 1.82) is 0 Å². The molecule has 0 radical (unpaired) electrons. The van der Waals surface area contributed by atoms with E-state index in [9.17, 15) is 8.42 Å². The average molecular weight is 568 g/mol. The van der Waals surface area contributed by atoms with E-state index in [1.54, 1.807) is 30.5 Å². The van der Waals surface area contributed by atoms with Crippen LogP contribution in [0.1, 0.15) is 38.2 Å². The molecule has 4 N–H and O–H groups in total. The van der Waals surface area contributed by atoms with Crippen LogP contribution in [-0.4, -0.2) is 47.5 Å². The third kappa shape index (κ3) is 5.90. The third-order valence-corrected chi connectivity index (χ3v) is 8.66. The summed E-state index contributed by atoms with van der Waals surface area (Å²) in [5, 5.41) is 3.56. The first-order chi connectivity index (χ1) is 18.8. The molecule has 3 aromatic heterocycles. The largest absolute Gasteiger partial charge is 0.480 e. The second-order valence-electron chi connectivity index (χ2n) is 9.49. The summed E-state index contributed by atoms with van der Waals surface area (Å²) in [6.45, 7) is 2.05. The quantitative estimate of drug-likeness (QED) is 0.273. The highest BCUT2D eigenvalue weighted by molar-refractivity contribution is 7.92. The Kier molecular flexibility index (Phi) is 7.83. The fraction of sp³-hybridized carbons (Fsp3) is 0.333. The zero-order chi connectivity index (χ0) is 27.6. The van der Waals surface area contributed by atoms with Gasteiger partial charge in [-0.25, -0.2) is 23.4 Å². The van der Waals surface area contributed by atoms with Gasteiger partial charge >= 0.3 is 0 Å². The second kappa shape index (κ2) is 11.3. The predicted octanol–water partition coefficient (Wildman–Crippen LogP) is 4.79. The number of pyridine rings is 2. The van der Waals surface area contributed by atoms with E-state index in [0.29, 0.717) is 28.8 Å². The van der Waals surface area contributed by atoms with Crippen molar-refractivity contribution in [2.75, 3.05) is 17.1 Å². The van der Waals surface area contributed by atoms with E-state index >= 15 is 0 Å². The van der Waals surface area contributed by atoms with Crippen LogP contribution in [0.4, 0.5) is 11.8 Å². The van der Waals surface area contributed by atoms with Crippen molar-refractivity contribution in [2.24, 2.45) is 5.73 Å². The molecule has 0 amide bonds. The van der Waals surface area contributed by atoms with Gasteiger partial charge in [0.1, 0.15) is 16.2 Å². The molecule has 0 unspecified atom stereocenters. The first-order valence-electron chi connectivity index (χ1n) is 12.8. The van der Waals surface area contributed by atoms with Gasteiger partial charge < -0.3 is 15.8 Å². The Labute approximate surface area is 232 Å². The number of methoxy groups -OCH3 is 1. The highest BCUT2D eigenvalue weighted by Gasteiger charge is 2.21. The third-order valence-electron chi connectivity index (χ3n) is 6.81. The first-order valence-corrected chi connectivity index (χ1v) is 14.6. The number of nitrogens with two attached hydrogens (primary N) is 1. The number of nitrogens with zero attached hydrogens (tertiary/aromatic N) is 4. The summed E-state index contributed by atoms with van der Waals surface area (Å²) in [7, 11) is -2.48. The van der Waals surface area contributed by atoms with Gasteiger partial charge in [0.05, 0.1) is 35.1 Å². The van der Waals surface area contributed by atoms with Crippen LogP contribution >= 0.6 is 11.6 Å². The fourth-order valence-corrected chi connectivity index (χ4v) is 6.24. The van der Waals surface area contributed by atoms with Crippen molar-refractivity contribution in [3.8, 4) is 17.1 Å². The highest BCUT2D eigenvalue weighted by atomic mass is 35.5. The average Bonchev–Trinajstić information content (AvgIpc) is 2.93. The molecule has 0 saturated heterocycles. The summed E-state index contributed by atoms with van der Waals surface area (Å²) in [5.74, 6) is 0.898. The van der Waals surface area contributed by atoms with E-state index in [1.807, 2.05) is 6.07 Å². The van der Waals surface area contributed by atoms with E-state index in [1.165, 1.54) is 19.2 Å². The van der Waals surface area contributed by atoms with Crippen molar-refractivity contribution in [1.82, 2.24) is 19.9 Å². The lowest BCUT2D eigenvalue weighted by Crippen LogP contribution is -2.33. The molecule has 5 rings (SSSR count). The Balaban J connectivity index is 1.44. The Hall–Kier alpha value is -3.54. The maximum Gasteiger partial charge on any atom is 0.264 e. The van der Waals surface area contributed by atoms with Gasteiger partial charge in [0.25, 0.3) is 10.0 Å². The summed E-state index contributed by atoms with van der Waals surface area (Å²) in [6, 6.07) is 12.0. The number of halogens is 1. The summed E-state index contributed by atoms with van der Waals surface area (Å²) >= 11 is 6.09. The first kappa shape index (κ1) is 27.0. The molecule has 39 heavy (non-hydrogen) atoms. The maximum absolute atomic E-state index is 12.9. The number of sulfonamides is 1. The zero-order valence-corrected chi connectivity index (χ0v) is 23.3. The molecule has 0 aliphatic heterocycles. The van der Waals surface area contributed by atoms with Gasteiger partial charge in [0, 0.05) is 12.1 Å². The van der Waals surface area contributed by atoms with Gasteiger partial charge in [0.15, 0.2) is 0 Å². The van der Waals surface area contributed by atoms with Gasteiger partial charge in [-0.05, 0) is 68.0 Å². The number of ether oxygens (including phenoxy) is 1. The Bertz CT molecular complexity index is 1610. The molecule has 10 nitrogen and oxygen atoms in total. The van der Waals surface area contributed by atoms with Crippen molar-refractivity contribution in [3.63, 3.8) is 0 Å². The summed E-state index contributed by atoms with van der Waals surface area (Å²) in [4.78, 5) is 18.4. The lowest BCUT2D eigenvalue weighted by molar-refractivity contribution is 0.400. The summed E-state index contributed by atoms with van der Waals surface area (Å²) < 4.78 is 33.7. The van der Waals surface area contributed by atoms with Crippen LogP contribution in [0, 0.1) is 0 Å². The van der Waals surface area contributed by atoms with Crippen LogP contribution < -0.4 is 20.5 Å². The number of nitrogens with one attached hydrogen (secondary N) is 2. The monoisotopic (exact) mass is 567 g/mol. The van der Waals surface area contributed by atoms with Crippen LogP contribution in [0.15, 0.2) is 53.6 Å². The van der Waals surface area contributed by atoms with Crippen molar-refractivity contribution >= 4 is 44.4 Å². The SMILES string of the molecule is CCc1cc(-c2ccc(NS(=O)(=O)c3ccccc3Cl)nc2OC)nc2cnc(N[C@H]3CC[C@H](N)CC3)nc12. The number of rotatable bonds is 8. The number of hydrogen-bond donors (Lipinski definition) is 3. The minimum atomic E-state index is -3.95. The van der Waals surface area contributed by atoms with Gasteiger partial charge in [-0.2, -0.15) is 4.98 Å². The van der Waals surface area contributed by atoms with Gasteiger partial charge in [-0.1, -0.05) is 30.7 Å². The van der Waals surface area contributed by atoms with Crippen molar-refractivity contribution in [2.45, 2.75) is 56.0 Å². The van der Waals surface area contributed by atoms with Gasteiger partial charge in [0.2, 0.25) is 11.8 Å². The number of anilines is 2. The predicted molar refractivity (Wildman–Crippen MR) is 153 cm³/mol. The van der Waals surface area contributed by atoms with E-state index in [2.05, 4.69) is 26.9 Å². The maximum atomic E-state index is 12.9. The molecule has 1 aliphatic rings. The standard InChI is InChI=1S/C27H30ClN7O3S/c1-3-16-14-21(32-22-15-30-27(34-25(16)22)31-18-10-8-17(29)9-11-18)19-12-13-24(33-26(19)38-2)35-39(36,37)23-7-5-4-6-20(23)28/h4-7,12-15,17-18H,3,8-11,29H2,1-2H3,(H,33,35)(H,30,31,34)/t17-,18-. The van der Waals surface area contributed by atoms with E-state index < -0.39 is 10.0 Å². The normalized spacial score (nSPS) is 17.6. The van der Waals surface area contributed by atoms with Crippen LogP contribution in [0.25, 0.3) is 22.3 Å². The zero-order valence-electron chi connectivity index (χ0n) is 21.7. The highest BCUT2D eigenvalue weighted by Crippen LogP contribution is 2.32. The summed E-state index contributed by atoms with van der Waals surface area (Å²) in [6.07, 6.45) is 6.43. The van der Waals surface area contributed by atoms with Crippen LogP contribution in [0.5, 0.6) is 5.88 Å². The molecule has 1 aliphatic carbocycles. The smallest absolute Gasteiger partial charge is 0.264 e. The molecule has 3 heterocycles. The lowest BCUT2D eigenvalue weighted by Gasteiger charge is -2.26. The van der Waals surface area contributed by atoms with E-state index in [-0.39, 0.29) is 27.7 Å². The molecule has 1 fully saturated rings. The van der Waals surface area contributed by atoms with Crippen molar-refractivity contribution < 1.29 is 13.2 Å². The van der Waals surface area contributed by atoms with Gasteiger partial charge in [-0.3, -0.25) is 4.72 Å². The van der Waals surface area contributed by atoms with Crippen molar-refractivity contribution in [3.05, 3.63) is 59.2 Å². The van der Waals surface area contributed by atoms with Crippen LogP contribution in [-0.2, 0) is 16.4 Å². The minimum Gasteiger partial charge on any atom is -0.480 e. The number of aryl methyl sites for hydroxylation is 1. The molecule has 1 aromatic carbocycles. The Morgan fingerprint density at radius 2 is 1.85 bits per heavy atom. The minimum absolute atomic E-state index is 0.0405. The van der Waals surface area contributed by atoms with E-state index in [4.69, 9.17) is 32.0 Å². The molecule has 0 spiro atoms. The topological polar surface area (TPSA) is 145 Å². The van der Waals surface area contributed by atoms with Crippen LogP contribution in [0.2, 0.25) is 5.02 Å². The molecule has 0 atom stereocenters.